The van der Waals surface area contributed by atoms with E-state index < -0.39 is 0 Å². The Bertz CT molecular complexity index is 702. The number of thiocarbonyl (C=S) groups is 1. The largest absolute Gasteiger partial charge is 0.494 e. The fraction of sp³-hybridized carbons (Fsp3) is 0.176. The smallest absolute Gasteiger partial charge is 0.257 e. The summed E-state index contributed by atoms with van der Waals surface area (Å²) >= 11 is 5.20. The minimum Gasteiger partial charge on any atom is -0.494 e. The number of hydrogen-bond acceptors (Lipinski definition) is 4. The van der Waals surface area contributed by atoms with Gasteiger partial charge < -0.3 is 15.0 Å². The number of benzene rings is 2. The van der Waals surface area contributed by atoms with Crippen LogP contribution in [0.15, 0.2) is 48.5 Å². The maximum atomic E-state index is 12.1. The van der Waals surface area contributed by atoms with Crippen molar-refractivity contribution in [3.8, 4) is 5.75 Å². The molecule has 0 fully saturated rings. The number of carbonyl (C=O) groups is 1. The molecule has 0 aliphatic carbocycles. The second-order valence-corrected chi connectivity index (χ2v) is 5.46. The molecule has 6 heteroatoms. The summed E-state index contributed by atoms with van der Waals surface area (Å²) in [6, 6.07) is 14.6. The fourth-order valence-corrected chi connectivity index (χ4v) is 2.18. The summed E-state index contributed by atoms with van der Waals surface area (Å²) in [5, 5.41) is 5.85. The van der Waals surface area contributed by atoms with Gasteiger partial charge >= 0.3 is 0 Å². The number of carbonyl (C=O) groups excluding carboxylic acids is 1. The molecule has 5 nitrogen and oxygen atoms in total. The van der Waals surface area contributed by atoms with E-state index in [9.17, 15) is 4.79 Å². The first-order valence-corrected chi connectivity index (χ1v) is 7.45. The Hall–Kier alpha value is -2.60. The molecule has 0 unspecified atom stereocenters. The molecule has 0 saturated carbocycles. The SMILES string of the molecule is COc1cc(N(C)C)ccc1NC(=S)NC(=O)c1ccccc1. The first kappa shape index (κ1) is 16.8. The van der Waals surface area contributed by atoms with Crippen molar-refractivity contribution in [1.82, 2.24) is 5.32 Å². The molecule has 0 bridgehead atoms. The van der Waals surface area contributed by atoms with E-state index in [1.165, 1.54) is 0 Å². The van der Waals surface area contributed by atoms with Crippen LogP contribution in [-0.4, -0.2) is 32.2 Å². The van der Waals surface area contributed by atoms with Crippen LogP contribution in [0.25, 0.3) is 0 Å². The third kappa shape index (κ3) is 4.43. The predicted octanol–water partition coefficient (Wildman–Crippen LogP) is 2.89. The molecule has 2 rings (SSSR count). The van der Waals surface area contributed by atoms with Gasteiger partial charge in [-0.25, -0.2) is 0 Å². The lowest BCUT2D eigenvalue weighted by Gasteiger charge is -2.17. The first-order valence-electron chi connectivity index (χ1n) is 7.04. The fourth-order valence-electron chi connectivity index (χ4n) is 1.98. The van der Waals surface area contributed by atoms with Crippen LogP contribution in [0.4, 0.5) is 11.4 Å². The summed E-state index contributed by atoms with van der Waals surface area (Å²) in [6.45, 7) is 0. The molecule has 0 atom stereocenters. The molecule has 0 aliphatic rings. The zero-order valence-corrected chi connectivity index (χ0v) is 14.1. The highest BCUT2D eigenvalue weighted by atomic mass is 32.1. The predicted molar refractivity (Wildman–Crippen MR) is 97.4 cm³/mol. The quantitative estimate of drug-likeness (QED) is 0.845. The average molecular weight is 329 g/mol. The Balaban J connectivity index is 2.07. The van der Waals surface area contributed by atoms with Gasteiger partial charge in [0.15, 0.2) is 5.11 Å². The van der Waals surface area contributed by atoms with E-state index in [4.69, 9.17) is 17.0 Å². The highest BCUT2D eigenvalue weighted by Gasteiger charge is 2.10. The van der Waals surface area contributed by atoms with E-state index >= 15 is 0 Å². The number of amides is 1. The maximum absolute atomic E-state index is 12.1. The van der Waals surface area contributed by atoms with E-state index in [0.717, 1.165) is 5.69 Å². The summed E-state index contributed by atoms with van der Waals surface area (Å²) < 4.78 is 5.37. The Labute approximate surface area is 141 Å². The number of nitrogens with one attached hydrogen (secondary N) is 2. The molecule has 0 radical (unpaired) electrons. The van der Waals surface area contributed by atoms with Crippen molar-refractivity contribution in [3.05, 3.63) is 54.1 Å². The summed E-state index contributed by atoms with van der Waals surface area (Å²) in [7, 11) is 5.49. The Kier molecular flexibility index (Phi) is 5.54. The number of nitrogens with zero attached hydrogens (tertiary/aromatic N) is 1. The van der Waals surface area contributed by atoms with E-state index in [1.807, 2.05) is 43.3 Å². The van der Waals surface area contributed by atoms with Gasteiger partial charge in [0.2, 0.25) is 0 Å². The molecular weight excluding hydrogens is 310 g/mol. The van der Waals surface area contributed by atoms with Crippen molar-refractivity contribution in [3.63, 3.8) is 0 Å². The van der Waals surface area contributed by atoms with Gasteiger partial charge in [0.25, 0.3) is 5.91 Å². The third-order valence-electron chi connectivity index (χ3n) is 3.21. The van der Waals surface area contributed by atoms with Crippen LogP contribution in [0, 0.1) is 0 Å². The summed E-state index contributed by atoms with van der Waals surface area (Å²) in [6.07, 6.45) is 0. The van der Waals surface area contributed by atoms with Crippen LogP contribution < -0.4 is 20.3 Å². The lowest BCUT2D eigenvalue weighted by molar-refractivity contribution is 0.0977. The van der Waals surface area contributed by atoms with Gasteiger partial charge in [0.05, 0.1) is 12.8 Å². The van der Waals surface area contributed by atoms with Crippen molar-refractivity contribution in [2.24, 2.45) is 0 Å². The van der Waals surface area contributed by atoms with Gasteiger partial charge in [-0.05, 0) is 36.5 Å². The van der Waals surface area contributed by atoms with Crippen molar-refractivity contribution in [2.45, 2.75) is 0 Å². The number of anilines is 2. The van der Waals surface area contributed by atoms with E-state index in [2.05, 4.69) is 10.6 Å². The van der Waals surface area contributed by atoms with Crippen LogP contribution >= 0.6 is 12.2 Å². The lowest BCUT2D eigenvalue weighted by Crippen LogP contribution is -2.34. The highest BCUT2D eigenvalue weighted by molar-refractivity contribution is 7.80. The number of rotatable bonds is 4. The molecule has 0 heterocycles. The van der Waals surface area contributed by atoms with Crippen LogP contribution in [0.5, 0.6) is 5.75 Å². The molecule has 0 aromatic heterocycles. The zero-order valence-electron chi connectivity index (χ0n) is 13.3. The maximum Gasteiger partial charge on any atom is 0.257 e. The minimum atomic E-state index is -0.257. The molecule has 0 saturated heterocycles. The molecule has 1 amide bonds. The molecular formula is C17H19N3O2S. The molecule has 23 heavy (non-hydrogen) atoms. The van der Waals surface area contributed by atoms with Gasteiger partial charge in [-0.1, -0.05) is 18.2 Å². The molecule has 2 aromatic rings. The number of ether oxygens (including phenoxy) is 1. The van der Waals surface area contributed by atoms with E-state index in [-0.39, 0.29) is 11.0 Å². The van der Waals surface area contributed by atoms with Crippen molar-refractivity contribution in [2.75, 3.05) is 31.4 Å². The second-order valence-electron chi connectivity index (χ2n) is 5.05. The van der Waals surface area contributed by atoms with E-state index in [0.29, 0.717) is 17.0 Å². The summed E-state index contributed by atoms with van der Waals surface area (Å²) in [5.74, 6) is 0.388. The number of methoxy groups -OCH3 is 1. The van der Waals surface area contributed by atoms with Gasteiger partial charge in [0.1, 0.15) is 5.75 Å². The number of hydrogen-bond donors (Lipinski definition) is 2. The second kappa shape index (κ2) is 7.60. The monoisotopic (exact) mass is 329 g/mol. The molecule has 0 spiro atoms. The van der Waals surface area contributed by atoms with Gasteiger partial charge in [0, 0.05) is 31.4 Å². The topological polar surface area (TPSA) is 53.6 Å². The summed E-state index contributed by atoms with van der Waals surface area (Å²) in [4.78, 5) is 14.0. The highest BCUT2D eigenvalue weighted by Crippen LogP contribution is 2.28. The minimum absolute atomic E-state index is 0.217. The molecule has 2 aromatic carbocycles. The van der Waals surface area contributed by atoms with E-state index in [1.54, 1.807) is 31.4 Å². The third-order valence-corrected chi connectivity index (χ3v) is 3.42. The molecule has 120 valence electrons. The average Bonchev–Trinajstić information content (AvgIpc) is 2.55. The van der Waals surface area contributed by atoms with Crippen LogP contribution in [0.3, 0.4) is 0 Å². The normalized spacial score (nSPS) is 9.87. The van der Waals surface area contributed by atoms with Crippen LogP contribution in [0.1, 0.15) is 10.4 Å². The van der Waals surface area contributed by atoms with Gasteiger partial charge in [-0.2, -0.15) is 0 Å². The first-order chi connectivity index (χ1) is 11.0. The van der Waals surface area contributed by atoms with Crippen molar-refractivity contribution < 1.29 is 9.53 Å². The standard InChI is InChI=1S/C17H19N3O2S/c1-20(2)13-9-10-14(15(11-13)22-3)18-17(23)19-16(21)12-7-5-4-6-8-12/h4-11H,1-3H3,(H2,18,19,21,23). The molecule has 0 aliphatic heterocycles. The Morgan fingerprint density at radius 3 is 2.43 bits per heavy atom. The molecule has 2 N–H and O–H groups in total. The van der Waals surface area contributed by atoms with Crippen molar-refractivity contribution >= 4 is 34.6 Å². The van der Waals surface area contributed by atoms with Gasteiger partial charge in [-0.15, -0.1) is 0 Å². The Morgan fingerprint density at radius 1 is 1.13 bits per heavy atom. The van der Waals surface area contributed by atoms with Crippen LogP contribution in [0.2, 0.25) is 0 Å². The van der Waals surface area contributed by atoms with Crippen molar-refractivity contribution in [1.29, 1.82) is 0 Å². The lowest BCUT2D eigenvalue weighted by atomic mass is 10.2. The van der Waals surface area contributed by atoms with Gasteiger partial charge in [-0.3, -0.25) is 10.1 Å². The summed E-state index contributed by atoms with van der Waals surface area (Å²) in [5.41, 5.74) is 2.25. The zero-order chi connectivity index (χ0) is 16.8. The van der Waals surface area contributed by atoms with Crippen LogP contribution in [-0.2, 0) is 0 Å². The Morgan fingerprint density at radius 2 is 1.83 bits per heavy atom.